The van der Waals surface area contributed by atoms with Gasteiger partial charge in [-0.1, -0.05) is 47.5 Å². The van der Waals surface area contributed by atoms with Crippen molar-refractivity contribution in [1.29, 1.82) is 0 Å². The molecule has 0 nitrogen and oxygen atoms in total. The molecule has 0 aliphatic carbocycles. The van der Waals surface area contributed by atoms with Crippen molar-refractivity contribution in [3.05, 3.63) is 46.4 Å². The number of rotatable bonds is 0. The summed E-state index contributed by atoms with van der Waals surface area (Å²) in [6.45, 7) is 0. The SMILES string of the molecule is Cl[13c]1[13cH][13cH][13cH][13c]2[13c](Cl)[13cH][13cH][13cH][13c]12. The van der Waals surface area contributed by atoms with Gasteiger partial charge >= 0.3 is 0 Å². The fourth-order valence-corrected chi connectivity index (χ4v) is 1.71. The molecular weight excluding hydrogens is 201 g/mol. The van der Waals surface area contributed by atoms with Crippen molar-refractivity contribution in [2.24, 2.45) is 0 Å². The van der Waals surface area contributed by atoms with Crippen molar-refractivity contribution in [3.63, 3.8) is 0 Å². The molecule has 0 aliphatic rings. The lowest BCUT2D eigenvalue weighted by Gasteiger charge is -2.00. The lowest BCUT2D eigenvalue weighted by molar-refractivity contribution is 1.75. The van der Waals surface area contributed by atoms with Crippen LogP contribution in [0.3, 0.4) is 0 Å². The van der Waals surface area contributed by atoms with Crippen LogP contribution in [0.4, 0.5) is 0 Å². The van der Waals surface area contributed by atoms with E-state index in [1.54, 1.807) is 0 Å². The van der Waals surface area contributed by atoms with Gasteiger partial charge in [0.15, 0.2) is 0 Å². The second-order valence-electron chi connectivity index (χ2n) is 2.57. The quantitative estimate of drug-likeness (QED) is 0.608. The number of fused-ring (bicyclic) bond motifs is 1. The zero-order valence-electron chi connectivity index (χ0n) is 6.22. The Morgan fingerprint density at radius 3 is 1.50 bits per heavy atom. The monoisotopic (exact) mass is 206 g/mol. The molecule has 0 unspecified atom stereocenters. The highest BCUT2D eigenvalue weighted by molar-refractivity contribution is 6.39. The highest BCUT2D eigenvalue weighted by Crippen LogP contribution is 2.28. The van der Waals surface area contributed by atoms with Crippen LogP contribution in [0.5, 0.6) is 0 Å². The number of halogens is 2. The molecule has 60 valence electrons. The summed E-state index contributed by atoms with van der Waals surface area (Å²) in [5.41, 5.74) is 0. The molecule has 0 atom stereocenters. The maximum absolute atomic E-state index is 5.97. The molecule has 0 spiro atoms. The minimum Gasteiger partial charge on any atom is -0.0837 e. The Kier molecular flexibility index (Phi) is 1.95. The van der Waals surface area contributed by atoms with Crippen LogP contribution in [-0.4, -0.2) is 0 Å². The van der Waals surface area contributed by atoms with Gasteiger partial charge in [0.05, 0.1) is 0 Å². The summed E-state index contributed by atoms with van der Waals surface area (Å²) in [6, 6.07) is 11.4. The van der Waals surface area contributed by atoms with Gasteiger partial charge < -0.3 is 0 Å². The van der Waals surface area contributed by atoms with Gasteiger partial charge in [-0.2, -0.15) is 0 Å². The second kappa shape index (κ2) is 2.96. The first kappa shape index (κ1) is 7.90. The van der Waals surface area contributed by atoms with E-state index in [9.17, 15) is 0 Å². The molecule has 0 fully saturated rings. The number of hydrogen-bond acceptors (Lipinski definition) is 0. The Hall–Kier alpha value is -0.720. The van der Waals surface area contributed by atoms with Gasteiger partial charge in [-0.05, 0) is 12.1 Å². The molecule has 2 rings (SSSR count). The topological polar surface area (TPSA) is 0 Å². The third-order valence-corrected chi connectivity index (χ3v) is 2.47. The summed E-state index contributed by atoms with van der Waals surface area (Å²) in [7, 11) is 0. The van der Waals surface area contributed by atoms with E-state index in [1.807, 2.05) is 36.4 Å². The average Bonchev–Trinajstić information content (AvgIpc) is 2.07. The summed E-state index contributed by atoms with van der Waals surface area (Å²) >= 11 is 11.9. The van der Waals surface area contributed by atoms with E-state index in [4.69, 9.17) is 23.2 Å². The Morgan fingerprint density at radius 2 is 1.08 bits per heavy atom. The third kappa shape index (κ3) is 1.17. The Bertz CT molecular complexity index is 380. The maximum atomic E-state index is 5.97. The van der Waals surface area contributed by atoms with Gasteiger partial charge in [-0.15, -0.1) is 0 Å². The predicted molar refractivity (Wildman–Crippen MR) is 54.0 cm³/mol. The van der Waals surface area contributed by atoms with Crippen molar-refractivity contribution in [2.45, 2.75) is 0 Å². The molecule has 2 aromatic rings. The molecule has 12 heavy (non-hydrogen) atoms. The maximum Gasteiger partial charge on any atom is 0.0484 e. The highest BCUT2D eigenvalue weighted by atomic mass is 35.5. The normalized spacial score (nSPS) is 10.5. The van der Waals surface area contributed by atoms with Gasteiger partial charge in [0.2, 0.25) is 0 Å². The third-order valence-electron chi connectivity index (χ3n) is 1.82. The van der Waals surface area contributed by atoms with E-state index in [-0.39, 0.29) is 0 Å². The smallest absolute Gasteiger partial charge is 0.0484 e. The van der Waals surface area contributed by atoms with Crippen LogP contribution in [-0.2, 0) is 0 Å². The summed E-state index contributed by atoms with van der Waals surface area (Å²) in [4.78, 5) is 0. The van der Waals surface area contributed by atoms with Crippen molar-refractivity contribution < 1.29 is 0 Å². The first-order valence-electron chi connectivity index (χ1n) is 3.62. The molecular formula is C10H6Cl2. The van der Waals surface area contributed by atoms with Crippen LogP contribution in [0.2, 0.25) is 10.0 Å². The Labute approximate surface area is 80.7 Å². The van der Waals surface area contributed by atoms with Crippen LogP contribution < -0.4 is 0 Å². The van der Waals surface area contributed by atoms with E-state index in [2.05, 4.69) is 0 Å². The van der Waals surface area contributed by atoms with Gasteiger partial charge in [0, 0.05) is 20.8 Å². The van der Waals surface area contributed by atoms with Crippen LogP contribution in [0.1, 0.15) is 0 Å². The summed E-state index contributed by atoms with van der Waals surface area (Å²) in [5, 5.41) is 3.50. The molecule has 0 bridgehead atoms. The summed E-state index contributed by atoms with van der Waals surface area (Å²) in [5.74, 6) is 0. The first-order valence-corrected chi connectivity index (χ1v) is 4.37. The van der Waals surface area contributed by atoms with Crippen LogP contribution in [0, 0.1) is 0 Å². The number of hydrogen-bond donors (Lipinski definition) is 0. The van der Waals surface area contributed by atoms with Crippen molar-refractivity contribution in [2.75, 3.05) is 0 Å². The molecule has 0 aromatic heterocycles. The minimum atomic E-state index is 0.745. The van der Waals surface area contributed by atoms with Crippen molar-refractivity contribution >= 4 is 34.0 Å². The fraction of sp³-hybridized carbons (Fsp3) is 0. The molecule has 0 saturated heterocycles. The van der Waals surface area contributed by atoms with E-state index < -0.39 is 0 Å². The van der Waals surface area contributed by atoms with Gasteiger partial charge in [-0.25, -0.2) is 0 Å². The lowest BCUT2D eigenvalue weighted by Crippen LogP contribution is -1.74. The molecule has 2 aromatic carbocycles. The standard InChI is InChI=1S/C10H6Cl2/c11-9-5-1-3-7-8(9)4-2-6-10(7)12/h1-6H/i1+1,2+1,3+1,4+1,5+1,6+1,7+1,8+1,9+1,10+1. The Balaban J connectivity index is 2.94. The van der Waals surface area contributed by atoms with Gasteiger partial charge in [-0.3, -0.25) is 0 Å². The van der Waals surface area contributed by atoms with Gasteiger partial charge in [0.25, 0.3) is 0 Å². The van der Waals surface area contributed by atoms with Crippen LogP contribution in [0.25, 0.3) is 10.8 Å². The largest absolute Gasteiger partial charge is 0.0837 e. The zero-order chi connectivity index (χ0) is 8.55. The zero-order valence-corrected chi connectivity index (χ0v) is 7.73. The fourth-order valence-electron chi connectivity index (χ4n) is 1.23. The first-order chi connectivity index (χ1) is 5.79. The van der Waals surface area contributed by atoms with Gasteiger partial charge in [0.1, 0.15) is 0 Å². The molecule has 0 N–H and O–H groups in total. The van der Waals surface area contributed by atoms with Crippen LogP contribution in [0.15, 0.2) is 36.4 Å². The minimum absolute atomic E-state index is 0.745. The van der Waals surface area contributed by atoms with E-state index in [0.29, 0.717) is 0 Å². The molecule has 0 saturated carbocycles. The molecule has 2 heteroatoms. The van der Waals surface area contributed by atoms with Crippen molar-refractivity contribution in [3.8, 4) is 0 Å². The van der Waals surface area contributed by atoms with E-state index >= 15 is 0 Å². The van der Waals surface area contributed by atoms with Crippen molar-refractivity contribution in [1.82, 2.24) is 0 Å². The molecule has 0 radical (unpaired) electrons. The average molecular weight is 207 g/mol. The second-order valence-corrected chi connectivity index (χ2v) is 3.39. The summed E-state index contributed by atoms with van der Waals surface area (Å²) in [6.07, 6.45) is 0. The molecule has 0 amide bonds. The summed E-state index contributed by atoms with van der Waals surface area (Å²) < 4.78 is 0. The van der Waals surface area contributed by atoms with Crippen LogP contribution >= 0.6 is 23.2 Å². The molecule has 0 heterocycles. The molecule has 0 aliphatic heterocycles. The van der Waals surface area contributed by atoms with E-state index in [1.165, 1.54) is 0 Å². The van der Waals surface area contributed by atoms with E-state index in [0.717, 1.165) is 20.8 Å². The Morgan fingerprint density at radius 1 is 0.667 bits per heavy atom. The predicted octanol–water partition coefficient (Wildman–Crippen LogP) is 4.15. The highest BCUT2D eigenvalue weighted by Gasteiger charge is 1.99. The number of benzene rings is 2. The lowest BCUT2D eigenvalue weighted by atomic mass is 11.1.